The monoisotopic (exact) mass is 446 g/mol. The summed E-state index contributed by atoms with van der Waals surface area (Å²) >= 11 is 0. The fraction of sp³-hybridized carbons (Fsp3) is 0.269. The molecule has 1 amide bonds. The SMILES string of the molecule is CNS(=O)(=O)c1ccc(C)c(C(=O)NCC2CC3c4ccccc4C2c2ccccc23)c1. The molecule has 3 aromatic carbocycles. The highest BCUT2D eigenvalue weighted by Gasteiger charge is 2.42. The van der Waals surface area contributed by atoms with Crippen LogP contribution in [0.2, 0.25) is 0 Å². The number of rotatable bonds is 5. The molecule has 6 rings (SSSR count). The van der Waals surface area contributed by atoms with Crippen molar-refractivity contribution in [2.24, 2.45) is 5.92 Å². The molecule has 0 aromatic heterocycles. The Hall–Kier alpha value is -2.96. The summed E-state index contributed by atoms with van der Waals surface area (Å²) in [6.45, 7) is 2.37. The molecule has 2 bridgehead atoms. The van der Waals surface area contributed by atoms with Gasteiger partial charge in [0.15, 0.2) is 0 Å². The highest BCUT2D eigenvalue weighted by Crippen LogP contribution is 2.55. The first-order valence-corrected chi connectivity index (χ1v) is 12.4. The van der Waals surface area contributed by atoms with Gasteiger partial charge in [0, 0.05) is 23.9 Å². The quantitative estimate of drug-likeness (QED) is 0.624. The van der Waals surface area contributed by atoms with Crippen LogP contribution in [0.5, 0.6) is 0 Å². The summed E-state index contributed by atoms with van der Waals surface area (Å²) in [5, 5.41) is 3.10. The van der Waals surface area contributed by atoms with E-state index in [9.17, 15) is 13.2 Å². The topological polar surface area (TPSA) is 75.3 Å². The van der Waals surface area contributed by atoms with Gasteiger partial charge in [-0.25, -0.2) is 13.1 Å². The molecule has 0 saturated carbocycles. The second kappa shape index (κ2) is 7.87. The highest BCUT2D eigenvalue weighted by atomic mass is 32.2. The first-order chi connectivity index (χ1) is 15.4. The predicted molar refractivity (Wildman–Crippen MR) is 124 cm³/mol. The number of carbonyl (C=O) groups excluding carboxylic acids is 1. The van der Waals surface area contributed by atoms with E-state index >= 15 is 0 Å². The van der Waals surface area contributed by atoms with Crippen LogP contribution in [0.3, 0.4) is 0 Å². The first-order valence-electron chi connectivity index (χ1n) is 10.9. The number of amides is 1. The Labute approximate surface area is 188 Å². The van der Waals surface area contributed by atoms with E-state index in [1.165, 1.54) is 41.4 Å². The van der Waals surface area contributed by atoms with Crippen LogP contribution in [0.4, 0.5) is 0 Å². The van der Waals surface area contributed by atoms with Gasteiger partial charge in [-0.05, 0) is 66.3 Å². The first kappa shape index (κ1) is 20.9. The van der Waals surface area contributed by atoms with Crippen molar-refractivity contribution in [2.45, 2.75) is 30.1 Å². The number of carbonyl (C=O) groups is 1. The van der Waals surface area contributed by atoms with Crippen molar-refractivity contribution < 1.29 is 13.2 Å². The van der Waals surface area contributed by atoms with E-state index in [2.05, 4.69) is 58.6 Å². The average Bonchev–Trinajstić information content (AvgIpc) is 2.82. The molecule has 1 atom stereocenters. The summed E-state index contributed by atoms with van der Waals surface area (Å²) in [6, 6.07) is 21.9. The van der Waals surface area contributed by atoms with Gasteiger partial charge >= 0.3 is 0 Å². The Morgan fingerprint density at radius 1 is 0.938 bits per heavy atom. The van der Waals surface area contributed by atoms with Gasteiger partial charge in [0.05, 0.1) is 4.90 Å². The maximum atomic E-state index is 13.0. The molecule has 0 heterocycles. The smallest absolute Gasteiger partial charge is 0.251 e. The number of hydrogen-bond donors (Lipinski definition) is 2. The number of fused-ring (bicyclic) bond motifs is 1. The molecule has 164 valence electrons. The van der Waals surface area contributed by atoms with Crippen molar-refractivity contribution in [3.63, 3.8) is 0 Å². The Morgan fingerprint density at radius 3 is 2.12 bits per heavy atom. The summed E-state index contributed by atoms with van der Waals surface area (Å²) in [5.41, 5.74) is 6.67. The van der Waals surface area contributed by atoms with Crippen LogP contribution in [-0.4, -0.2) is 27.9 Å². The van der Waals surface area contributed by atoms with Crippen molar-refractivity contribution in [2.75, 3.05) is 13.6 Å². The third-order valence-electron chi connectivity index (χ3n) is 6.98. The molecule has 0 radical (unpaired) electrons. The molecule has 1 unspecified atom stereocenters. The summed E-state index contributed by atoms with van der Waals surface area (Å²) in [7, 11) is -2.25. The van der Waals surface area contributed by atoms with Gasteiger partial charge in [0.2, 0.25) is 10.0 Å². The molecule has 3 aromatic rings. The Morgan fingerprint density at radius 2 is 1.53 bits per heavy atom. The number of nitrogens with one attached hydrogen (secondary N) is 2. The highest BCUT2D eigenvalue weighted by molar-refractivity contribution is 7.89. The Bertz CT molecular complexity index is 1270. The van der Waals surface area contributed by atoms with Gasteiger partial charge in [-0.2, -0.15) is 0 Å². The minimum Gasteiger partial charge on any atom is -0.352 e. The number of hydrogen-bond acceptors (Lipinski definition) is 3. The third-order valence-corrected chi connectivity index (χ3v) is 8.39. The molecule has 32 heavy (non-hydrogen) atoms. The van der Waals surface area contributed by atoms with Gasteiger partial charge in [-0.3, -0.25) is 4.79 Å². The molecular formula is C26H26N2O3S. The van der Waals surface area contributed by atoms with E-state index in [-0.39, 0.29) is 16.7 Å². The molecule has 2 N–H and O–H groups in total. The molecule has 6 heteroatoms. The minimum absolute atomic E-state index is 0.0929. The van der Waals surface area contributed by atoms with E-state index in [0.29, 0.717) is 23.9 Å². The van der Waals surface area contributed by atoms with Gasteiger partial charge in [-0.15, -0.1) is 0 Å². The fourth-order valence-corrected chi connectivity index (χ4v) is 6.17. The zero-order valence-corrected chi connectivity index (χ0v) is 18.9. The molecule has 0 saturated heterocycles. The molecule has 5 nitrogen and oxygen atoms in total. The van der Waals surface area contributed by atoms with E-state index in [1.54, 1.807) is 6.07 Å². The third kappa shape index (κ3) is 3.34. The van der Waals surface area contributed by atoms with Gasteiger partial charge in [0.1, 0.15) is 0 Å². The summed E-state index contributed by atoms with van der Waals surface area (Å²) in [6.07, 6.45) is 0.992. The normalized spacial score (nSPS) is 21.0. The van der Waals surface area contributed by atoms with Gasteiger partial charge < -0.3 is 5.32 Å². The lowest BCUT2D eigenvalue weighted by Gasteiger charge is -2.45. The molecule has 0 fully saturated rings. The summed E-state index contributed by atoms with van der Waals surface area (Å²) in [4.78, 5) is 13.1. The van der Waals surface area contributed by atoms with Crippen molar-refractivity contribution >= 4 is 15.9 Å². The van der Waals surface area contributed by atoms with Crippen LogP contribution in [0.1, 0.15) is 56.4 Å². The van der Waals surface area contributed by atoms with Crippen LogP contribution < -0.4 is 10.0 Å². The second-order valence-corrected chi connectivity index (χ2v) is 10.6. The largest absolute Gasteiger partial charge is 0.352 e. The van der Waals surface area contributed by atoms with E-state index in [1.807, 2.05) is 6.92 Å². The van der Waals surface area contributed by atoms with Gasteiger partial charge in [-0.1, -0.05) is 54.6 Å². The van der Waals surface area contributed by atoms with Crippen LogP contribution in [-0.2, 0) is 10.0 Å². The average molecular weight is 447 g/mol. The Kier molecular flexibility index (Phi) is 5.14. The van der Waals surface area contributed by atoms with Crippen LogP contribution in [0.25, 0.3) is 0 Å². The summed E-state index contributed by atoms with van der Waals surface area (Å²) < 4.78 is 26.6. The molecule has 0 spiro atoms. The summed E-state index contributed by atoms with van der Waals surface area (Å²) in [5.74, 6) is 0.655. The minimum atomic E-state index is -3.61. The lowest BCUT2D eigenvalue weighted by atomic mass is 9.59. The number of benzene rings is 3. The number of sulfonamides is 1. The zero-order chi connectivity index (χ0) is 22.5. The number of aryl methyl sites for hydroxylation is 1. The molecular weight excluding hydrogens is 420 g/mol. The van der Waals surface area contributed by atoms with Crippen molar-refractivity contribution in [1.82, 2.24) is 10.0 Å². The maximum Gasteiger partial charge on any atom is 0.251 e. The van der Waals surface area contributed by atoms with Crippen molar-refractivity contribution in [3.8, 4) is 0 Å². The van der Waals surface area contributed by atoms with Crippen LogP contribution in [0.15, 0.2) is 71.6 Å². The van der Waals surface area contributed by atoms with E-state index < -0.39 is 10.0 Å². The van der Waals surface area contributed by atoms with Crippen LogP contribution >= 0.6 is 0 Å². The predicted octanol–water partition coefficient (Wildman–Crippen LogP) is 3.93. The van der Waals surface area contributed by atoms with Crippen molar-refractivity contribution in [3.05, 3.63) is 100 Å². The van der Waals surface area contributed by atoms with E-state index in [4.69, 9.17) is 0 Å². The standard InChI is InChI=1S/C26H26N2O3S/c1-16-11-12-18(32(30,31)27-2)14-23(16)26(29)28-15-17-13-24-19-7-3-5-9-21(19)25(17)22-10-6-4-8-20(22)24/h3-12,14,17,24-25,27H,13,15H2,1-2H3,(H,28,29). The zero-order valence-electron chi connectivity index (χ0n) is 18.1. The Balaban J connectivity index is 1.41. The second-order valence-electron chi connectivity index (χ2n) is 8.68. The maximum absolute atomic E-state index is 13.0. The lowest BCUT2D eigenvalue weighted by Crippen LogP contribution is -2.39. The fourth-order valence-electron chi connectivity index (χ4n) is 5.41. The van der Waals surface area contributed by atoms with Gasteiger partial charge in [0.25, 0.3) is 5.91 Å². The van der Waals surface area contributed by atoms with Crippen LogP contribution in [0, 0.1) is 12.8 Å². The molecule has 3 aliphatic rings. The lowest BCUT2D eigenvalue weighted by molar-refractivity contribution is 0.0942. The molecule has 3 aliphatic carbocycles. The van der Waals surface area contributed by atoms with Crippen molar-refractivity contribution in [1.29, 1.82) is 0 Å². The van der Waals surface area contributed by atoms with E-state index in [0.717, 1.165) is 12.0 Å². The molecule has 0 aliphatic heterocycles.